The first-order valence-corrected chi connectivity index (χ1v) is 6.89. The van der Waals surface area contributed by atoms with E-state index in [9.17, 15) is 15.3 Å². The molecule has 1 aromatic carbocycles. The van der Waals surface area contributed by atoms with Crippen LogP contribution in [0.15, 0.2) is 30.3 Å². The molecule has 22 heavy (non-hydrogen) atoms. The van der Waals surface area contributed by atoms with Crippen LogP contribution in [0, 0.1) is 0 Å². The molecule has 2 rings (SSSR count). The Hall–Kier alpha value is -1.10. The SMILES string of the molecule is CON(OCc1ccccc1)[C@@H]1O[C@H](CO)[C@@H](O)[C@H](O)[C@H]1O. The average Bonchev–Trinajstić information content (AvgIpc) is 2.56. The Morgan fingerprint density at radius 3 is 2.36 bits per heavy atom. The smallest absolute Gasteiger partial charge is 0.189 e. The Morgan fingerprint density at radius 2 is 1.77 bits per heavy atom. The summed E-state index contributed by atoms with van der Waals surface area (Å²) in [5.74, 6) is 0. The zero-order valence-electron chi connectivity index (χ0n) is 12.1. The molecule has 0 saturated carbocycles. The van der Waals surface area contributed by atoms with Gasteiger partial charge in [-0.1, -0.05) is 30.3 Å². The second kappa shape index (κ2) is 7.95. The first-order valence-electron chi connectivity index (χ1n) is 6.89. The van der Waals surface area contributed by atoms with Crippen molar-refractivity contribution < 1.29 is 34.8 Å². The van der Waals surface area contributed by atoms with Crippen molar-refractivity contribution in [3.05, 3.63) is 35.9 Å². The highest BCUT2D eigenvalue weighted by Gasteiger charge is 2.46. The topological polar surface area (TPSA) is 112 Å². The van der Waals surface area contributed by atoms with Crippen molar-refractivity contribution in [1.29, 1.82) is 0 Å². The number of benzene rings is 1. The van der Waals surface area contributed by atoms with Crippen molar-refractivity contribution >= 4 is 0 Å². The monoisotopic (exact) mass is 315 g/mol. The van der Waals surface area contributed by atoms with Crippen molar-refractivity contribution in [3.63, 3.8) is 0 Å². The first-order chi connectivity index (χ1) is 10.6. The quantitative estimate of drug-likeness (QED) is 0.484. The molecule has 1 fully saturated rings. The van der Waals surface area contributed by atoms with E-state index in [-0.39, 0.29) is 6.61 Å². The lowest BCUT2D eigenvalue weighted by Gasteiger charge is -2.42. The highest BCUT2D eigenvalue weighted by atomic mass is 17.0. The number of ether oxygens (including phenoxy) is 1. The van der Waals surface area contributed by atoms with Crippen molar-refractivity contribution in [2.24, 2.45) is 0 Å². The van der Waals surface area contributed by atoms with E-state index >= 15 is 0 Å². The maximum Gasteiger partial charge on any atom is 0.189 e. The van der Waals surface area contributed by atoms with Crippen molar-refractivity contribution in [1.82, 2.24) is 5.23 Å². The molecule has 0 aromatic heterocycles. The number of hydroxylamine groups is 2. The van der Waals surface area contributed by atoms with Crippen LogP contribution in [-0.2, 0) is 21.0 Å². The van der Waals surface area contributed by atoms with E-state index in [0.29, 0.717) is 0 Å². The lowest BCUT2D eigenvalue weighted by atomic mass is 9.99. The number of aliphatic hydroxyl groups is 4. The molecule has 0 unspecified atom stereocenters. The fraction of sp³-hybridized carbons (Fsp3) is 0.571. The molecule has 1 aliphatic heterocycles. The minimum absolute atomic E-state index is 0.156. The molecule has 1 heterocycles. The molecule has 5 atom stereocenters. The number of hydrogen-bond acceptors (Lipinski definition) is 8. The lowest BCUT2D eigenvalue weighted by molar-refractivity contribution is -0.450. The molecule has 0 aliphatic carbocycles. The third-order valence-electron chi connectivity index (χ3n) is 3.46. The van der Waals surface area contributed by atoms with E-state index in [4.69, 9.17) is 19.5 Å². The zero-order valence-corrected chi connectivity index (χ0v) is 12.1. The molecule has 124 valence electrons. The van der Waals surface area contributed by atoms with Crippen LogP contribution in [0.5, 0.6) is 0 Å². The van der Waals surface area contributed by atoms with Gasteiger partial charge in [-0.05, 0) is 10.8 Å². The Labute approximate surface area is 128 Å². The van der Waals surface area contributed by atoms with E-state index in [2.05, 4.69) is 0 Å². The first kappa shape index (κ1) is 17.3. The molecular formula is C14H21NO7. The largest absolute Gasteiger partial charge is 0.394 e. The molecule has 8 heteroatoms. The van der Waals surface area contributed by atoms with Gasteiger partial charge >= 0.3 is 0 Å². The van der Waals surface area contributed by atoms with Crippen LogP contribution in [0.2, 0.25) is 0 Å². The molecule has 0 spiro atoms. The molecule has 8 nitrogen and oxygen atoms in total. The van der Waals surface area contributed by atoms with Gasteiger partial charge in [-0.3, -0.25) is 9.68 Å². The van der Waals surface area contributed by atoms with Crippen LogP contribution in [0.1, 0.15) is 5.56 Å². The van der Waals surface area contributed by atoms with Crippen LogP contribution in [0.4, 0.5) is 0 Å². The molecule has 1 aromatic rings. The number of aliphatic hydroxyl groups excluding tert-OH is 4. The molecule has 0 bridgehead atoms. The summed E-state index contributed by atoms with van der Waals surface area (Å²) in [6.45, 7) is -0.360. The molecule has 0 amide bonds. The van der Waals surface area contributed by atoms with Gasteiger partial charge in [0.05, 0.1) is 20.3 Å². The Kier molecular flexibility index (Phi) is 6.24. The van der Waals surface area contributed by atoms with E-state index < -0.39 is 37.3 Å². The van der Waals surface area contributed by atoms with Gasteiger partial charge in [-0.25, -0.2) is 0 Å². The summed E-state index contributed by atoms with van der Waals surface area (Å²) in [5.41, 5.74) is 0.870. The van der Waals surface area contributed by atoms with Crippen LogP contribution >= 0.6 is 0 Å². The molecular weight excluding hydrogens is 294 g/mol. The summed E-state index contributed by atoms with van der Waals surface area (Å²) in [5, 5.41) is 39.6. The van der Waals surface area contributed by atoms with E-state index in [0.717, 1.165) is 10.8 Å². The molecule has 1 aliphatic rings. The summed E-state index contributed by atoms with van der Waals surface area (Å²) < 4.78 is 5.34. The van der Waals surface area contributed by atoms with Crippen LogP contribution in [-0.4, -0.2) is 70.0 Å². The van der Waals surface area contributed by atoms with Gasteiger partial charge in [0.25, 0.3) is 0 Å². The average molecular weight is 315 g/mol. The maximum absolute atomic E-state index is 10.0. The summed E-state index contributed by atoms with van der Waals surface area (Å²) in [6.07, 6.45) is -6.60. The zero-order chi connectivity index (χ0) is 16.1. The Bertz CT molecular complexity index is 444. The predicted molar refractivity (Wildman–Crippen MR) is 73.8 cm³/mol. The number of nitrogens with zero attached hydrogens (tertiary/aromatic N) is 1. The Morgan fingerprint density at radius 1 is 1.09 bits per heavy atom. The standard InChI is InChI=1S/C14H21NO7/c1-20-15(21-8-9-5-3-2-4-6-9)14-13(19)12(18)11(17)10(7-16)22-14/h2-6,10-14,16-19H,7-8H2,1H3/t10-,11-,12+,13-,14-/m1/s1. The highest BCUT2D eigenvalue weighted by Crippen LogP contribution is 2.24. The summed E-state index contributed by atoms with van der Waals surface area (Å²) >= 11 is 0. The van der Waals surface area contributed by atoms with Crippen LogP contribution in [0.25, 0.3) is 0 Å². The minimum atomic E-state index is -1.49. The van der Waals surface area contributed by atoms with Gasteiger partial charge in [0.15, 0.2) is 6.23 Å². The van der Waals surface area contributed by atoms with Gasteiger partial charge in [-0.2, -0.15) is 0 Å². The Balaban J connectivity index is 2.02. The van der Waals surface area contributed by atoms with Crippen molar-refractivity contribution in [3.8, 4) is 0 Å². The van der Waals surface area contributed by atoms with Crippen molar-refractivity contribution in [2.45, 2.75) is 37.3 Å². The van der Waals surface area contributed by atoms with Crippen molar-refractivity contribution in [2.75, 3.05) is 13.7 Å². The third kappa shape index (κ3) is 3.80. The predicted octanol–water partition coefficient (Wildman–Crippen LogP) is -1.22. The third-order valence-corrected chi connectivity index (χ3v) is 3.46. The molecule has 1 saturated heterocycles. The second-order valence-electron chi connectivity index (χ2n) is 4.95. The number of rotatable bonds is 6. The van der Waals surface area contributed by atoms with Gasteiger partial charge in [0.2, 0.25) is 0 Å². The summed E-state index contributed by atoms with van der Waals surface area (Å²) in [4.78, 5) is 10.4. The van der Waals surface area contributed by atoms with E-state index in [1.807, 2.05) is 30.3 Å². The fourth-order valence-corrected chi connectivity index (χ4v) is 2.20. The molecule has 0 radical (unpaired) electrons. The fourth-order valence-electron chi connectivity index (χ4n) is 2.20. The van der Waals surface area contributed by atoms with Gasteiger partial charge in [0, 0.05) is 0 Å². The summed E-state index contributed by atoms with van der Waals surface area (Å²) in [7, 11) is 1.31. The van der Waals surface area contributed by atoms with Gasteiger partial charge in [-0.15, -0.1) is 0 Å². The molecule has 4 N–H and O–H groups in total. The van der Waals surface area contributed by atoms with E-state index in [1.54, 1.807) is 0 Å². The maximum atomic E-state index is 10.0. The van der Waals surface area contributed by atoms with Crippen LogP contribution < -0.4 is 0 Å². The minimum Gasteiger partial charge on any atom is -0.394 e. The summed E-state index contributed by atoms with van der Waals surface area (Å²) in [6, 6.07) is 9.27. The normalized spacial score (nSPS) is 32.4. The highest BCUT2D eigenvalue weighted by molar-refractivity contribution is 5.13. The van der Waals surface area contributed by atoms with Gasteiger partial charge < -0.3 is 25.2 Å². The second-order valence-corrected chi connectivity index (χ2v) is 4.95. The van der Waals surface area contributed by atoms with E-state index in [1.165, 1.54) is 7.11 Å². The lowest BCUT2D eigenvalue weighted by Crippen LogP contribution is -2.62. The number of hydrogen-bond donors (Lipinski definition) is 4. The van der Waals surface area contributed by atoms with Crippen LogP contribution in [0.3, 0.4) is 0 Å². The van der Waals surface area contributed by atoms with Gasteiger partial charge in [0.1, 0.15) is 24.4 Å².